The van der Waals surface area contributed by atoms with Crippen molar-refractivity contribution in [3.05, 3.63) is 77.6 Å². The number of carbonyl (C=O) groups excluding carboxylic acids is 2. The van der Waals surface area contributed by atoms with Crippen LogP contribution in [0.4, 0.5) is 11.4 Å². The minimum Gasteiger partial charge on any atom is -0.465 e. The van der Waals surface area contributed by atoms with Crippen LogP contribution in [0.5, 0.6) is 0 Å². The molecule has 2 aromatic heterocycles. The number of nitrogens with one attached hydrogen (secondary N) is 1. The number of nitrogens with zero attached hydrogens (tertiary/aromatic N) is 2. The van der Waals surface area contributed by atoms with Gasteiger partial charge in [-0.15, -0.1) is 0 Å². The summed E-state index contributed by atoms with van der Waals surface area (Å²) in [5, 5.41) is 3.32. The van der Waals surface area contributed by atoms with Crippen molar-refractivity contribution in [1.82, 2.24) is 4.90 Å². The normalized spacial score (nSPS) is 14.3. The molecule has 8 heteroatoms. The molecule has 0 spiro atoms. The number of hydrogen-bond donors (Lipinski definition) is 1. The summed E-state index contributed by atoms with van der Waals surface area (Å²) in [6, 6.07) is 12.3. The lowest BCUT2D eigenvalue weighted by Crippen LogP contribution is -2.48. The van der Waals surface area contributed by atoms with Crippen LogP contribution in [0.1, 0.15) is 16.3 Å². The molecule has 3 heterocycles. The molecule has 1 saturated heterocycles. The predicted molar refractivity (Wildman–Crippen MR) is 115 cm³/mol. The van der Waals surface area contributed by atoms with Crippen molar-refractivity contribution in [2.45, 2.75) is 0 Å². The maximum absolute atomic E-state index is 12.4. The molecular weight excluding hydrogens is 406 g/mol. The lowest BCUT2D eigenvalue weighted by Gasteiger charge is -2.36. The van der Waals surface area contributed by atoms with Crippen molar-refractivity contribution in [3.63, 3.8) is 0 Å². The molecule has 2 amide bonds. The summed E-state index contributed by atoms with van der Waals surface area (Å²) in [6.07, 6.45) is 6.03. The minimum atomic E-state index is -0.278. The Balaban J connectivity index is 1.34. The Labute approximate surface area is 178 Å². The zero-order valence-corrected chi connectivity index (χ0v) is 16.8. The number of amides is 2. The van der Waals surface area contributed by atoms with Crippen LogP contribution in [0, 0.1) is 0 Å². The molecule has 30 heavy (non-hydrogen) atoms. The first-order chi connectivity index (χ1) is 14.6. The van der Waals surface area contributed by atoms with Gasteiger partial charge in [0.2, 0.25) is 5.91 Å². The topological polar surface area (TPSA) is 78.9 Å². The number of hydrogen-bond acceptors (Lipinski definition) is 5. The van der Waals surface area contributed by atoms with Crippen molar-refractivity contribution >= 4 is 40.9 Å². The summed E-state index contributed by atoms with van der Waals surface area (Å²) in [6.45, 7) is 2.46. The highest BCUT2D eigenvalue weighted by Gasteiger charge is 2.24. The van der Waals surface area contributed by atoms with Gasteiger partial charge in [-0.3, -0.25) is 9.59 Å². The Morgan fingerprint density at radius 3 is 2.43 bits per heavy atom. The fourth-order valence-electron chi connectivity index (χ4n) is 3.28. The van der Waals surface area contributed by atoms with Gasteiger partial charge in [-0.05, 0) is 48.5 Å². The van der Waals surface area contributed by atoms with E-state index in [2.05, 4.69) is 10.2 Å². The molecule has 154 valence electrons. The van der Waals surface area contributed by atoms with E-state index in [9.17, 15) is 9.59 Å². The molecule has 1 N–H and O–H groups in total. The van der Waals surface area contributed by atoms with Gasteiger partial charge in [0.1, 0.15) is 5.76 Å². The predicted octanol–water partition coefficient (Wildman–Crippen LogP) is 4.14. The molecule has 0 unspecified atom stereocenters. The average Bonchev–Trinajstić information content (AvgIpc) is 3.46. The Kier molecular flexibility index (Phi) is 5.90. The molecule has 1 aliphatic heterocycles. The zero-order valence-electron chi connectivity index (χ0n) is 16.1. The molecule has 0 saturated carbocycles. The van der Waals surface area contributed by atoms with Gasteiger partial charge in [-0.25, -0.2) is 0 Å². The van der Waals surface area contributed by atoms with E-state index >= 15 is 0 Å². The first kappa shape index (κ1) is 19.8. The van der Waals surface area contributed by atoms with Gasteiger partial charge in [-0.2, -0.15) is 0 Å². The Morgan fingerprint density at radius 2 is 1.77 bits per heavy atom. The van der Waals surface area contributed by atoms with Gasteiger partial charge in [0.25, 0.3) is 5.91 Å². The van der Waals surface area contributed by atoms with Crippen LogP contribution in [-0.2, 0) is 4.79 Å². The third kappa shape index (κ3) is 4.58. The number of rotatable bonds is 5. The maximum Gasteiger partial charge on any atom is 0.289 e. The molecule has 0 aliphatic carbocycles. The van der Waals surface area contributed by atoms with E-state index in [4.69, 9.17) is 20.4 Å². The van der Waals surface area contributed by atoms with Crippen molar-refractivity contribution in [1.29, 1.82) is 0 Å². The summed E-state index contributed by atoms with van der Waals surface area (Å²) < 4.78 is 10.3. The number of benzene rings is 1. The number of anilines is 2. The summed E-state index contributed by atoms with van der Waals surface area (Å²) in [5.41, 5.74) is 1.47. The molecule has 0 radical (unpaired) electrons. The van der Waals surface area contributed by atoms with Crippen molar-refractivity contribution < 1.29 is 18.4 Å². The average molecular weight is 426 g/mol. The van der Waals surface area contributed by atoms with E-state index in [1.807, 2.05) is 6.07 Å². The highest BCUT2D eigenvalue weighted by atomic mass is 35.5. The second-order valence-corrected chi connectivity index (χ2v) is 7.17. The van der Waals surface area contributed by atoms with E-state index in [1.165, 1.54) is 12.3 Å². The lowest BCUT2D eigenvalue weighted by molar-refractivity contribution is -0.111. The summed E-state index contributed by atoms with van der Waals surface area (Å²) in [5.74, 6) is 0.567. The Bertz CT molecular complexity index is 1040. The second-order valence-electron chi connectivity index (χ2n) is 6.76. The number of halogens is 1. The van der Waals surface area contributed by atoms with Crippen molar-refractivity contribution in [2.75, 3.05) is 36.4 Å². The van der Waals surface area contributed by atoms with Gasteiger partial charge >= 0.3 is 0 Å². The van der Waals surface area contributed by atoms with Gasteiger partial charge in [0, 0.05) is 37.9 Å². The van der Waals surface area contributed by atoms with E-state index < -0.39 is 0 Å². The monoisotopic (exact) mass is 425 g/mol. The smallest absolute Gasteiger partial charge is 0.289 e. The molecule has 4 rings (SSSR count). The van der Waals surface area contributed by atoms with Crippen LogP contribution >= 0.6 is 11.6 Å². The van der Waals surface area contributed by atoms with Crippen LogP contribution < -0.4 is 10.2 Å². The zero-order chi connectivity index (χ0) is 20.9. The van der Waals surface area contributed by atoms with Crippen LogP contribution in [0.25, 0.3) is 6.08 Å². The van der Waals surface area contributed by atoms with E-state index in [1.54, 1.807) is 53.6 Å². The molecule has 1 aliphatic rings. The Hall–Kier alpha value is -3.45. The van der Waals surface area contributed by atoms with Crippen molar-refractivity contribution in [2.24, 2.45) is 0 Å². The van der Waals surface area contributed by atoms with Gasteiger partial charge in [0.15, 0.2) is 5.76 Å². The number of furan rings is 2. The molecule has 7 nitrogen and oxygen atoms in total. The number of piperazine rings is 1. The third-order valence-electron chi connectivity index (χ3n) is 4.80. The summed E-state index contributed by atoms with van der Waals surface area (Å²) >= 11 is 6.46. The first-order valence-electron chi connectivity index (χ1n) is 9.50. The quantitative estimate of drug-likeness (QED) is 0.621. The summed E-state index contributed by atoms with van der Waals surface area (Å²) in [4.78, 5) is 28.3. The highest BCUT2D eigenvalue weighted by molar-refractivity contribution is 6.33. The van der Waals surface area contributed by atoms with E-state index in [0.29, 0.717) is 48.4 Å². The highest BCUT2D eigenvalue weighted by Crippen LogP contribution is 2.30. The Morgan fingerprint density at radius 1 is 1.00 bits per heavy atom. The largest absolute Gasteiger partial charge is 0.465 e. The van der Waals surface area contributed by atoms with Crippen LogP contribution in [0.2, 0.25) is 5.02 Å². The van der Waals surface area contributed by atoms with E-state index in [-0.39, 0.29) is 11.8 Å². The minimum absolute atomic E-state index is 0.105. The molecule has 1 aromatic carbocycles. The molecule has 0 atom stereocenters. The summed E-state index contributed by atoms with van der Waals surface area (Å²) in [7, 11) is 0. The molecule has 0 bridgehead atoms. The first-order valence-corrected chi connectivity index (χ1v) is 9.88. The lowest BCUT2D eigenvalue weighted by atomic mass is 10.2. The maximum atomic E-state index is 12.4. The SMILES string of the molecule is O=C(/C=C/c1ccco1)Nc1ccc(N2CCN(C(=O)c3ccco3)CC2)c(Cl)c1. The third-order valence-corrected chi connectivity index (χ3v) is 5.10. The van der Waals surface area contributed by atoms with E-state index in [0.717, 1.165) is 5.69 Å². The van der Waals surface area contributed by atoms with Gasteiger partial charge in [0.05, 0.1) is 23.2 Å². The fraction of sp³-hybridized carbons (Fsp3) is 0.182. The van der Waals surface area contributed by atoms with Gasteiger partial charge in [-0.1, -0.05) is 11.6 Å². The van der Waals surface area contributed by atoms with Gasteiger partial charge < -0.3 is 24.0 Å². The van der Waals surface area contributed by atoms with Crippen molar-refractivity contribution in [3.8, 4) is 0 Å². The van der Waals surface area contributed by atoms with Crippen LogP contribution in [0.3, 0.4) is 0 Å². The molecule has 3 aromatic rings. The second kappa shape index (κ2) is 8.92. The standard InChI is InChI=1S/C22H20ClN3O4/c23-18-15-16(24-21(27)8-6-17-3-1-13-29-17)5-7-19(18)25-9-11-26(12-10-25)22(28)20-4-2-14-30-20/h1-8,13-15H,9-12H2,(H,24,27)/b8-6+. The van der Waals surface area contributed by atoms with Crippen LogP contribution in [-0.4, -0.2) is 42.9 Å². The number of carbonyl (C=O) groups is 2. The van der Waals surface area contributed by atoms with Crippen LogP contribution in [0.15, 0.2) is 69.9 Å². The fourth-order valence-corrected chi connectivity index (χ4v) is 3.58. The molecule has 1 fully saturated rings. The molecular formula is C22H20ClN3O4.